The SMILES string of the molecule is Nc1nsc(NCCCCCCO)c1S(=O)(=O)C1CC1. The van der Waals surface area contributed by atoms with E-state index in [1.54, 1.807) is 0 Å². The fourth-order valence-corrected chi connectivity index (χ4v) is 4.93. The highest BCUT2D eigenvalue weighted by atomic mass is 32.2. The van der Waals surface area contributed by atoms with Crippen molar-refractivity contribution in [2.75, 3.05) is 24.2 Å². The molecule has 114 valence electrons. The Morgan fingerprint density at radius 3 is 2.65 bits per heavy atom. The van der Waals surface area contributed by atoms with Crippen LogP contribution in [0.3, 0.4) is 0 Å². The fourth-order valence-electron chi connectivity index (χ4n) is 2.02. The summed E-state index contributed by atoms with van der Waals surface area (Å²) in [5, 5.41) is 12.1. The van der Waals surface area contributed by atoms with Crippen LogP contribution in [0.5, 0.6) is 0 Å². The number of nitrogens with zero attached hydrogens (tertiary/aromatic N) is 1. The first-order chi connectivity index (χ1) is 9.57. The number of nitrogens with two attached hydrogens (primary N) is 1. The Morgan fingerprint density at radius 2 is 2.00 bits per heavy atom. The molecular formula is C12H21N3O3S2. The Bertz CT molecular complexity index is 538. The highest BCUT2D eigenvalue weighted by molar-refractivity contribution is 7.92. The van der Waals surface area contributed by atoms with Gasteiger partial charge in [0.1, 0.15) is 9.90 Å². The number of unbranched alkanes of at least 4 members (excludes halogenated alkanes) is 3. The Morgan fingerprint density at radius 1 is 1.30 bits per heavy atom. The topological polar surface area (TPSA) is 105 Å². The van der Waals surface area contributed by atoms with E-state index in [1.807, 2.05) is 0 Å². The summed E-state index contributed by atoms with van der Waals surface area (Å²) in [5.74, 6) is 0.115. The lowest BCUT2D eigenvalue weighted by atomic mass is 10.2. The molecule has 1 aromatic heterocycles. The van der Waals surface area contributed by atoms with Crippen molar-refractivity contribution < 1.29 is 13.5 Å². The summed E-state index contributed by atoms with van der Waals surface area (Å²) in [7, 11) is -3.31. The summed E-state index contributed by atoms with van der Waals surface area (Å²) in [6.45, 7) is 0.919. The lowest BCUT2D eigenvalue weighted by Crippen LogP contribution is -2.12. The molecule has 0 aromatic carbocycles. The van der Waals surface area contributed by atoms with Gasteiger partial charge in [-0.05, 0) is 37.2 Å². The van der Waals surface area contributed by atoms with E-state index < -0.39 is 9.84 Å². The summed E-state index contributed by atoms with van der Waals surface area (Å²) >= 11 is 1.11. The van der Waals surface area contributed by atoms with Crippen LogP contribution >= 0.6 is 11.5 Å². The minimum atomic E-state index is -3.31. The van der Waals surface area contributed by atoms with Gasteiger partial charge in [0.05, 0.1) is 5.25 Å². The molecule has 2 rings (SSSR count). The van der Waals surface area contributed by atoms with Crippen LogP contribution in [0.1, 0.15) is 38.5 Å². The molecule has 1 heterocycles. The van der Waals surface area contributed by atoms with Crippen LogP contribution in [0, 0.1) is 0 Å². The lowest BCUT2D eigenvalue weighted by Gasteiger charge is -2.07. The van der Waals surface area contributed by atoms with Gasteiger partial charge in [0.15, 0.2) is 15.7 Å². The zero-order chi connectivity index (χ0) is 14.6. The van der Waals surface area contributed by atoms with E-state index in [9.17, 15) is 8.42 Å². The molecule has 20 heavy (non-hydrogen) atoms. The van der Waals surface area contributed by atoms with Gasteiger partial charge in [-0.15, -0.1) is 0 Å². The second-order valence-corrected chi connectivity index (χ2v) is 7.97. The van der Waals surface area contributed by atoms with Gasteiger partial charge in [0, 0.05) is 13.2 Å². The van der Waals surface area contributed by atoms with E-state index in [-0.39, 0.29) is 22.6 Å². The molecule has 1 saturated carbocycles. The summed E-state index contributed by atoms with van der Waals surface area (Å²) in [6.07, 6.45) is 5.18. The summed E-state index contributed by atoms with van der Waals surface area (Å²) in [6, 6.07) is 0. The van der Waals surface area contributed by atoms with Crippen molar-refractivity contribution in [2.24, 2.45) is 0 Å². The molecule has 1 aliphatic rings. The molecule has 0 bridgehead atoms. The fraction of sp³-hybridized carbons (Fsp3) is 0.750. The van der Waals surface area contributed by atoms with Gasteiger partial charge in [-0.2, -0.15) is 4.37 Å². The lowest BCUT2D eigenvalue weighted by molar-refractivity contribution is 0.283. The maximum Gasteiger partial charge on any atom is 0.187 e. The molecule has 0 aliphatic heterocycles. The molecular weight excluding hydrogens is 298 g/mol. The zero-order valence-corrected chi connectivity index (χ0v) is 13.0. The monoisotopic (exact) mass is 319 g/mol. The van der Waals surface area contributed by atoms with Crippen LogP contribution in [0.2, 0.25) is 0 Å². The van der Waals surface area contributed by atoms with Crippen molar-refractivity contribution >= 4 is 32.2 Å². The van der Waals surface area contributed by atoms with Gasteiger partial charge < -0.3 is 16.2 Å². The molecule has 0 saturated heterocycles. The minimum absolute atomic E-state index is 0.115. The smallest absolute Gasteiger partial charge is 0.187 e. The first-order valence-electron chi connectivity index (χ1n) is 6.91. The van der Waals surface area contributed by atoms with E-state index in [0.29, 0.717) is 11.5 Å². The molecule has 4 N–H and O–H groups in total. The highest BCUT2D eigenvalue weighted by Gasteiger charge is 2.40. The van der Waals surface area contributed by atoms with Crippen LogP contribution in [-0.2, 0) is 9.84 Å². The first-order valence-corrected chi connectivity index (χ1v) is 9.23. The number of hydrogen-bond donors (Lipinski definition) is 3. The number of anilines is 2. The Hall–Kier alpha value is -0.860. The second-order valence-electron chi connectivity index (χ2n) is 5.04. The summed E-state index contributed by atoms with van der Waals surface area (Å²) < 4.78 is 28.5. The number of aliphatic hydroxyl groups is 1. The van der Waals surface area contributed by atoms with Crippen LogP contribution in [0.4, 0.5) is 10.8 Å². The molecule has 0 unspecified atom stereocenters. The average molecular weight is 319 g/mol. The molecule has 0 amide bonds. The molecule has 6 nitrogen and oxygen atoms in total. The van der Waals surface area contributed by atoms with Crippen LogP contribution in [-0.4, -0.2) is 36.3 Å². The number of aromatic nitrogens is 1. The van der Waals surface area contributed by atoms with E-state index in [2.05, 4.69) is 9.69 Å². The number of nitrogen functional groups attached to an aromatic ring is 1. The van der Waals surface area contributed by atoms with Gasteiger partial charge >= 0.3 is 0 Å². The highest BCUT2D eigenvalue weighted by Crippen LogP contribution is 2.40. The van der Waals surface area contributed by atoms with Crippen molar-refractivity contribution in [1.82, 2.24) is 4.37 Å². The van der Waals surface area contributed by atoms with Gasteiger partial charge in [0.2, 0.25) is 0 Å². The van der Waals surface area contributed by atoms with E-state index >= 15 is 0 Å². The predicted octanol–water partition coefficient (Wildman–Crippen LogP) is 1.63. The molecule has 0 atom stereocenters. The number of aliphatic hydroxyl groups excluding tert-OH is 1. The van der Waals surface area contributed by atoms with Crippen LogP contribution in [0.15, 0.2) is 4.90 Å². The molecule has 1 fully saturated rings. The third-order valence-electron chi connectivity index (χ3n) is 3.29. The molecule has 0 spiro atoms. The molecule has 8 heteroatoms. The van der Waals surface area contributed by atoms with Gasteiger partial charge in [-0.25, -0.2) is 8.42 Å². The second kappa shape index (κ2) is 6.73. The number of rotatable bonds is 9. The van der Waals surface area contributed by atoms with Gasteiger partial charge in [-0.3, -0.25) is 0 Å². The van der Waals surface area contributed by atoms with Crippen molar-refractivity contribution in [3.63, 3.8) is 0 Å². The summed E-state index contributed by atoms with van der Waals surface area (Å²) in [5.41, 5.74) is 5.72. The zero-order valence-electron chi connectivity index (χ0n) is 11.3. The van der Waals surface area contributed by atoms with Crippen molar-refractivity contribution in [1.29, 1.82) is 0 Å². The maximum absolute atomic E-state index is 12.3. The van der Waals surface area contributed by atoms with E-state index in [4.69, 9.17) is 10.8 Å². The standard InChI is InChI=1S/C12H21N3O3S2/c13-11-10(20(17,18)9-5-6-9)12(19-15-11)14-7-3-1-2-4-8-16/h9,14,16H,1-8H2,(H2,13,15). The molecule has 0 radical (unpaired) electrons. The molecule has 1 aliphatic carbocycles. The van der Waals surface area contributed by atoms with Crippen LogP contribution < -0.4 is 11.1 Å². The number of hydrogen-bond acceptors (Lipinski definition) is 7. The van der Waals surface area contributed by atoms with E-state index in [1.165, 1.54) is 0 Å². The predicted molar refractivity (Wildman–Crippen MR) is 80.8 cm³/mol. The minimum Gasteiger partial charge on any atom is -0.396 e. The first kappa shape index (κ1) is 15.5. The molecule has 1 aromatic rings. The quantitative estimate of drug-likeness (QED) is 0.597. The summed E-state index contributed by atoms with van der Waals surface area (Å²) in [4.78, 5) is 0.195. The van der Waals surface area contributed by atoms with E-state index in [0.717, 1.165) is 50.1 Å². The van der Waals surface area contributed by atoms with Crippen molar-refractivity contribution in [3.05, 3.63) is 0 Å². The Kier molecular flexibility index (Phi) is 5.22. The van der Waals surface area contributed by atoms with Crippen LogP contribution in [0.25, 0.3) is 0 Å². The number of sulfone groups is 1. The normalized spacial score (nSPS) is 15.4. The average Bonchev–Trinajstić information content (AvgIpc) is 3.19. The van der Waals surface area contributed by atoms with Crippen molar-refractivity contribution in [3.8, 4) is 0 Å². The van der Waals surface area contributed by atoms with Gasteiger partial charge in [-0.1, -0.05) is 12.8 Å². The van der Waals surface area contributed by atoms with Gasteiger partial charge in [0.25, 0.3) is 0 Å². The maximum atomic E-state index is 12.3. The van der Waals surface area contributed by atoms with Crippen molar-refractivity contribution in [2.45, 2.75) is 48.7 Å². The largest absolute Gasteiger partial charge is 0.396 e. The third-order valence-corrected chi connectivity index (χ3v) is 6.57. The third kappa shape index (κ3) is 3.62. The number of nitrogens with one attached hydrogen (secondary N) is 1. The Balaban J connectivity index is 1.92. The Labute approximate surface area is 123 Å².